The van der Waals surface area contributed by atoms with Crippen LogP contribution in [0.2, 0.25) is 0 Å². The molecule has 1 aliphatic carbocycles. The van der Waals surface area contributed by atoms with Gasteiger partial charge >= 0.3 is 0 Å². The summed E-state index contributed by atoms with van der Waals surface area (Å²) < 4.78 is 19.8. The Morgan fingerprint density at radius 3 is 2.68 bits per heavy atom. The molecule has 0 saturated heterocycles. The van der Waals surface area contributed by atoms with Crippen molar-refractivity contribution >= 4 is 5.69 Å². The van der Waals surface area contributed by atoms with Crippen LogP contribution in [0.1, 0.15) is 40.0 Å². The van der Waals surface area contributed by atoms with Crippen molar-refractivity contribution in [1.29, 1.82) is 0 Å². The van der Waals surface area contributed by atoms with Crippen LogP contribution in [0.4, 0.5) is 10.1 Å². The van der Waals surface area contributed by atoms with Crippen molar-refractivity contribution in [3.8, 4) is 5.75 Å². The maximum absolute atomic E-state index is 13.8. The maximum atomic E-state index is 13.8. The van der Waals surface area contributed by atoms with Crippen molar-refractivity contribution in [1.82, 2.24) is 0 Å². The van der Waals surface area contributed by atoms with Gasteiger partial charge in [-0.2, -0.15) is 0 Å². The largest absolute Gasteiger partial charge is 0.487 e. The molecule has 1 aromatic rings. The molecule has 1 fully saturated rings. The third kappa shape index (κ3) is 3.40. The molecular weight excluding hydrogens is 241 g/mol. The average Bonchev–Trinajstić information content (AvgIpc) is 2.32. The van der Waals surface area contributed by atoms with Crippen molar-refractivity contribution in [2.45, 2.75) is 46.1 Å². The van der Waals surface area contributed by atoms with E-state index in [1.807, 2.05) is 0 Å². The number of nitrogens with two attached hydrogens (primary N) is 1. The zero-order valence-electron chi connectivity index (χ0n) is 12.0. The molecule has 2 rings (SSSR count). The number of rotatable bonds is 3. The van der Waals surface area contributed by atoms with E-state index in [4.69, 9.17) is 10.5 Å². The first kappa shape index (κ1) is 14.2. The van der Waals surface area contributed by atoms with Crippen molar-refractivity contribution in [3.05, 3.63) is 24.0 Å². The lowest BCUT2D eigenvalue weighted by atomic mass is 9.75. The van der Waals surface area contributed by atoms with Crippen LogP contribution in [0, 0.1) is 23.6 Å². The lowest BCUT2D eigenvalue weighted by Crippen LogP contribution is -2.36. The Balaban J connectivity index is 2.14. The highest BCUT2D eigenvalue weighted by Gasteiger charge is 2.32. The summed E-state index contributed by atoms with van der Waals surface area (Å²) in [6.07, 6.45) is 3.53. The summed E-state index contributed by atoms with van der Waals surface area (Å²) in [4.78, 5) is 0. The molecule has 0 aromatic heterocycles. The fraction of sp³-hybridized carbons (Fsp3) is 0.625. The highest BCUT2D eigenvalue weighted by molar-refractivity contribution is 5.42. The van der Waals surface area contributed by atoms with E-state index in [1.165, 1.54) is 18.9 Å². The van der Waals surface area contributed by atoms with E-state index in [-0.39, 0.29) is 11.9 Å². The molecule has 0 unspecified atom stereocenters. The van der Waals surface area contributed by atoms with Gasteiger partial charge in [0.2, 0.25) is 0 Å². The van der Waals surface area contributed by atoms with Gasteiger partial charge in [-0.15, -0.1) is 0 Å². The van der Waals surface area contributed by atoms with Crippen molar-refractivity contribution in [2.24, 2.45) is 17.8 Å². The van der Waals surface area contributed by atoms with Gasteiger partial charge < -0.3 is 10.5 Å². The first-order valence-corrected chi connectivity index (χ1v) is 7.19. The van der Waals surface area contributed by atoms with Crippen molar-refractivity contribution in [3.63, 3.8) is 0 Å². The van der Waals surface area contributed by atoms with E-state index in [9.17, 15) is 4.39 Å². The first-order valence-electron chi connectivity index (χ1n) is 7.19. The maximum Gasteiger partial charge on any atom is 0.167 e. The van der Waals surface area contributed by atoms with Gasteiger partial charge in [-0.05, 0) is 42.7 Å². The van der Waals surface area contributed by atoms with Crippen LogP contribution in [-0.2, 0) is 0 Å². The second-order valence-corrected chi connectivity index (χ2v) is 6.17. The van der Waals surface area contributed by atoms with Gasteiger partial charge in [-0.25, -0.2) is 4.39 Å². The summed E-state index contributed by atoms with van der Waals surface area (Å²) in [5.74, 6) is 1.69. The van der Waals surface area contributed by atoms with E-state index in [1.54, 1.807) is 12.1 Å². The molecule has 2 N–H and O–H groups in total. The Kier molecular flexibility index (Phi) is 4.33. The first-order chi connectivity index (χ1) is 8.97. The third-order valence-corrected chi connectivity index (χ3v) is 4.20. The fourth-order valence-corrected chi connectivity index (χ4v) is 3.03. The smallest absolute Gasteiger partial charge is 0.167 e. The molecule has 0 bridgehead atoms. The van der Waals surface area contributed by atoms with Crippen LogP contribution in [0.3, 0.4) is 0 Å². The Bertz CT molecular complexity index is 433. The summed E-state index contributed by atoms with van der Waals surface area (Å²) >= 11 is 0. The molecule has 1 aromatic carbocycles. The Morgan fingerprint density at radius 1 is 1.32 bits per heavy atom. The molecule has 3 heteroatoms. The molecule has 3 atom stereocenters. The molecule has 19 heavy (non-hydrogen) atoms. The molecule has 0 aliphatic heterocycles. The number of nitrogen functional groups attached to an aromatic ring is 1. The van der Waals surface area contributed by atoms with E-state index in [2.05, 4.69) is 20.8 Å². The van der Waals surface area contributed by atoms with Crippen LogP contribution < -0.4 is 10.5 Å². The van der Waals surface area contributed by atoms with Crippen molar-refractivity contribution in [2.75, 3.05) is 5.73 Å². The quantitative estimate of drug-likeness (QED) is 0.829. The Morgan fingerprint density at radius 2 is 2.05 bits per heavy atom. The molecule has 1 saturated carbocycles. The van der Waals surface area contributed by atoms with Crippen molar-refractivity contribution < 1.29 is 9.13 Å². The molecule has 1 aliphatic rings. The topological polar surface area (TPSA) is 35.2 Å². The number of hydrogen-bond donors (Lipinski definition) is 1. The lowest BCUT2D eigenvalue weighted by Gasteiger charge is -2.37. The summed E-state index contributed by atoms with van der Waals surface area (Å²) in [5, 5.41) is 0. The molecule has 106 valence electrons. The predicted molar refractivity (Wildman–Crippen MR) is 76.6 cm³/mol. The minimum absolute atomic E-state index is 0.113. The van der Waals surface area contributed by atoms with Gasteiger partial charge in [-0.3, -0.25) is 0 Å². The van der Waals surface area contributed by atoms with E-state index in [0.29, 0.717) is 29.2 Å². The zero-order chi connectivity index (χ0) is 14.0. The van der Waals surface area contributed by atoms with E-state index < -0.39 is 0 Å². The normalized spacial score (nSPS) is 27.5. The average molecular weight is 265 g/mol. The Hall–Kier alpha value is -1.25. The summed E-state index contributed by atoms with van der Waals surface area (Å²) in [6.45, 7) is 6.68. The van der Waals surface area contributed by atoms with Gasteiger partial charge in [0, 0.05) is 11.8 Å². The monoisotopic (exact) mass is 265 g/mol. The summed E-state index contributed by atoms with van der Waals surface area (Å²) in [6, 6.07) is 4.66. The van der Waals surface area contributed by atoms with Gasteiger partial charge in [0.05, 0.1) is 0 Å². The van der Waals surface area contributed by atoms with Gasteiger partial charge in [0.1, 0.15) is 6.10 Å². The second kappa shape index (κ2) is 5.81. The highest BCUT2D eigenvalue weighted by Crippen LogP contribution is 2.36. The zero-order valence-corrected chi connectivity index (χ0v) is 12.0. The van der Waals surface area contributed by atoms with E-state index in [0.717, 1.165) is 6.42 Å². The fourth-order valence-electron chi connectivity index (χ4n) is 3.03. The van der Waals surface area contributed by atoms with Gasteiger partial charge in [0.25, 0.3) is 0 Å². The van der Waals surface area contributed by atoms with Gasteiger partial charge in [0.15, 0.2) is 11.6 Å². The molecule has 0 radical (unpaired) electrons. The molecule has 0 amide bonds. The predicted octanol–water partition coefficient (Wildman–Crippen LogP) is 4.25. The standard InChI is InChI=1S/C16H24FNO/c1-10(2)13-6-4-11(3)8-16(13)19-15-7-5-12(18)9-14(15)17/h5,7,9-11,13,16H,4,6,8,18H2,1-3H3/t11-,13+,16-/m0/s1. The number of benzene rings is 1. The third-order valence-electron chi connectivity index (χ3n) is 4.20. The summed E-state index contributed by atoms with van der Waals surface area (Å²) in [7, 11) is 0. The molecular formula is C16H24FNO. The SMILES string of the molecule is CC(C)[C@H]1CC[C@H](C)C[C@@H]1Oc1ccc(N)cc1F. The number of anilines is 1. The minimum atomic E-state index is -0.360. The number of ether oxygens (including phenoxy) is 1. The number of halogens is 1. The van der Waals surface area contributed by atoms with E-state index >= 15 is 0 Å². The molecule has 0 heterocycles. The van der Waals surface area contributed by atoms with Crippen LogP contribution in [0.15, 0.2) is 18.2 Å². The van der Waals surface area contributed by atoms with Gasteiger partial charge in [-0.1, -0.05) is 27.2 Å². The minimum Gasteiger partial charge on any atom is -0.487 e. The lowest BCUT2D eigenvalue weighted by molar-refractivity contribution is 0.0431. The van der Waals surface area contributed by atoms with Crippen LogP contribution in [-0.4, -0.2) is 6.10 Å². The number of hydrogen-bond acceptors (Lipinski definition) is 2. The van der Waals surface area contributed by atoms with Crippen LogP contribution in [0.25, 0.3) is 0 Å². The van der Waals surface area contributed by atoms with Crippen LogP contribution >= 0.6 is 0 Å². The molecule has 0 spiro atoms. The Labute approximate surface area is 115 Å². The summed E-state index contributed by atoms with van der Waals surface area (Å²) in [5.41, 5.74) is 6.00. The second-order valence-electron chi connectivity index (χ2n) is 6.17. The van der Waals surface area contributed by atoms with Crippen LogP contribution in [0.5, 0.6) is 5.75 Å². The highest BCUT2D eigenvalue weighted by atomic mass is 19.1. The molecule has 2 nitrogen and oxygen atoms in total.